The number of benzene rings is 3. The van der Waals surface area contributed by atoms with Crippen molar-refractivity contribution in [3.8, 4) is 11.4 Å². The van der Waals surface area contributed by atoms with Crippen molar-refractivity contribution in [2.45, 2.75) is 19.8 Å². The fraction of sp³-hybridized carbons (Fsp3) is 0.231. The zero-order valence-electron chi connectivity index (χ0n) is 20.8. The summed E-state index contributed by atoms with van der Waals surface area (Å²) in [4.78, 5) is 27.6. The second kappa shape index (κ2) is 10.4. The lowest BCUT2D eigenvalue weighted by molar-refractivity contribution is -0.384. The van der Waals surface area contributed by atoms with E-state index in [1.54, 1.807) is 25.3 Å². The number of methoxy groups -OCH3 is 1. The topological polar surface area (TPSA) is 127 Å². The first-order valence-corrected chi connectivity index (χ1v) is 12.4. The van der Waals surface area contributed by atoms with Gasteiger partial charge in [0.15, 0.2) is 5.11 Å². The van der Waals surface area contributed by atoms with Crippen LogP contribution in [0.15, 0.2) is 54.6 Å². The van der Waals surface area contributed by atoms with Gasteiger partial charge in [-0.3, -0.25) is 20.2 Å². The number of nitro benzene ring substituents is 1. The molecule has 0 saturated carbocycles. The van der Waals surface area contributed by atoms with Crippen molar-refractivity contribution in [3.05, 3.63) is 75.8 Å². The number of rotatable bonds is 6. The molecule has 0 spiro atoms. The van der Waals surface area contributed by atoms with Crippen LogP contribution in [0.2, 0.25) is 0 Å². The molecule has 0 atom stereocenters. The number of nitrogens with one attached hydrogen (secondary N) is 2. The quantitative estimate of drug-likeness (QED) is 0.212. The molecule has 2 heterocycles. The minimum atomic E-state index is -0.539. The van der Waals surface area contributed by atoms with E-state index >= 15 is 0 Å². The van der Waals surface area contributed by atoms with E-state index in [0.29, 0.717) is 22.4 Å². The number of carbonyl (C=O) groups excluding carboxylic acids is 1. The van der Waals surface area contributed by atoms with Gasteiger partial charge in [-0.05, 0) is 86.1 Å². The zero-order valence-corrected chi connectivity index (χ0v) is 21.6. The highest BCUT2D eigenvalue weighted by atomic mass is 32.1. The summed E-state index contributed by atoms with van der Waals surface area (Å²) in [5, 5.41) is 26.5. The minimum absolute atomic E-state index is 0.0614. The SMILES string of the molecule is COc1ccc(-n2nc3cc(C)c(NC(=S)NC(=O)c4ccc(N5CCCC5)c([N+](=O)[O-])c4)cc3n2)cc1. The number of fused-ring (bicyclic) bond motifs is 1. The maximum atomic E-state index is 12.8. The van der Waals surface area contributed by atoms with Crippen LogP contribution in [0.1, 0.15) is 28.8 Å². The maximum Gasteiger partial charge on any atom is 0.293 e. The van der Waals surface area contributed by atoms with Gasteiger partial charge in [-0.1, -0.05) is 0 Å². The molecule has 4 aromatic rings. The Balaban J connectivity index is 1.31. The Morgan fingerprint density at radius 1 is 1.05 bits per heavy atom. The predicted molar refractivity (Wildman–Crippen MR) is 148 cm³/mol. The number of aryl methyl sites for hydroxylation is 1. The summed E-state index contributed by atoms with van der Waals surface area (Å²) >= 11 is 5.36. The fourth-order valence-corrected chi connectivity index (χ4v) is 4.60. The average molecular weight is 532 g/mol. The van der Waals surface area contributed by atoms with E-state index in [9.17, 15) is 14.9 Å². The number of aromatic nitrogens is 3. The molecule has 38 heavy (non-hydrogen) atoms. The van der Waals surface area contributed by atoms with Crippen LogP contribution in [0.3, 0.4) is 0 Å². The summed E-state index contributed by atoms with van der Waals surface area (Å²) < 4.78 is 5.20. The first-order valence-electron chi connectivity index (χ1n) is 12.0. The second-order valence-electron chi connectivity index (χ2n) is 8.91. The van der Waals surface area contributed by atoms with E-state index in [1.807, 2.05) is 42.2 Å². The van der Waals surface area contributed by atoms with Gasteiger partial charge in [-0.25, -0.2) is 0 Å². The molecule has 1 aromatic heterocycles. The van der Waals surface area contributed by atoms with E-state index in [-0.39, 0.29) is 16.4 Å². The van der Waals surface area contributed by atoms with Crippen LogP contribution in [-0.4, -0.2) is 51.1 Å². The molecule has 11 nitrogen and oxygen atoms in total. The third kappa shape index (κ3) is 5.11. The molecular weight excluding hydrogens is 506 g/mol. The van der Waals surface area contributed by atoms with Crippen molar-refractivity contribution >= 4 is 51.3 Å². The van der Waals surface area contributed by atoms with E-state index < -0.39 is 10.8 Å². The molecular formula is C26H25N7O4S. The molecule has 1 aliphatic heterocycles. The number of nitro groups is 1. The first-order chi connectivity index (χ1) is 18.3. The second-order valence-corrected chi connectivity index (χ2v) is 9.31. The Bertz CT molecular complexity index is 1550. The predicted octanol–water partition coefficient (Wildman–Crippen LogP) is 4.37. The average Bonchev–Trinajstić information content (AvgIpc) is 3.59. The molecule has 1 aliphatic rings. The number of hydrogen-bond donors (Lipinski definition) is 2. The first kappa shape index (κ1) is 25.1. The van der Waals surface area contributed by atoms with Gasteiger partial charge in [0.1, 0.15) is 22.5 Å². The highest BCUT2D eigenvalue weighted by molar-refractivity contribution is 7.80. The number of carbonyl (C=O) groups is 1. The fourth-order valence-electron chi connectivity index (χ4n) is 4.40. The van der Waals surface area contributed by atoms with Gasteiger partial charge in [0, 0.05) is 30.4 Å². The smallest absolute Gasteiger partial charge is 0.293 e. The highest BCUT2D eigenvalue weighted by Gasteiger charge is 2.24. The molecule has 0 bridgehead atoms. The van der Waals surface area contributed by atoms with E-state index in [2.05, 4.69) is 20.8 Å². The zero-order chi connectivity index (χ0) is 26.8. The van der Waals surface area contributed by atoms with Crippen LogP contribution in [-0.2, 0) is 0 Å². The van der Waals surface area contributed by atoms with Gasteiger partial charge in [0.25, 0.3) is 11.6 Å². The largest absolute Gasteiger partial charge is 0.497 e. The Labute approximate surface area is 223 Å². The van der Waals surface area contributed by atoms with Crippen LogP contribution in [0, 0.1) is 17.0 Å². The van der Waals surface area contributed by atoms with Crippen LogP contribution >= 0.6 is 12.2 Å². The lowest BCUT2D eigenvalue weighted by Gasteiger charge is -2.18. The Kier molecular flexibility index (Phi) is 6.88. The van der Waals surface area contributed by atoms with Crippen molar-refractivity contribution in [3.63, 3.8) is 0 Å². The lowest BCUT2D eigenvalue weighted by Crippen LogP contribution is -2.34. The van der Waals surface area contributed by atoms with Crippen LogP contribution < -0.4 is 20.3 Å². The summed E-state index contributed by atoms with van der Waals surface area (Å²) in [7, 11) is 1.61. The molecule has 194 valence electrons. The van der Waals surface area contributed by atoms with Gasteiger partial charge in [0.2, 0.25) is 0 Å². The van der Waals surface area contributed by atoms with Crippen molar-refractivity contribution in [1.29, 1.82) is 0 Å². The monoisotopic (exact) mass is 531 g/mol. The number of amides is 1. The normalized spacial score (nSPS) is 12.9. The number of hydrogen-bond acceptors (Lipinski definition) is 8. The van der Waals surface area contributed by atoms with E-state index in [1.165, 1.54) is 10.9 Å². The Hall–Kier alpha value is -4.58. The van der Waals surface area contributed by atoms with E-state index in [4.69, 9.17) is 17.0 Å². The highest BCUT2D eigenvalue weighted by Crippen LogP contribution is 2.31. The van der Waals surface area contributed by atoms with Crippen LogP contribution in [0.5, 0.6) is 5.75 Å². The molecule has 12 heteroatoms. The van der Waals surface area contributed by atoms with Gasteiger partial charge in [-0.15, -0.1) is 10.2 Å². The summed E-state index contributed by atoms with van der Waals surface area (Å²) in [5.74, 6) is 0.197. The molecule has 0 unspecified atom stereocenters. The molecule has 1 saturated heterocycles. The van der Waals surface area contributed by atoms with Crippen molar-refractivity contribution in [2.24, 2.45) is 0 Å². The van der Waals surface area contributed by atoms with Crippen molar-refractivity contribution in [1.82, 2.24) is 20.3 Å². The third-order valence-corrected chi connectivity index (χ3v) is 6.59. The summed E-state index contributed by atoms with van der Waals surface area (Å²) in [5.41, 5.74) is 4.19. The third-order valence-electron chi connectivity index (χ3n) is 6.39. The summed E-state index contributed by atoms with van der Waals surface area (Å²) in [6.45, 7) is 3.41. The van der Waals surface area contributed by atoms with Crippen LogP contribution in [0.4, 0.5) is 17.1 Å². The number of nitrogens with zero attached hydrogens (tertiary/aromatic N) is 5. The Morgan fingerprint density at radius 2 is 1.74 bits per heavy atom. The summed E-state index contributed by atoms with van der Waals surface area (Å²) in [6, 6.07) is 15.5. The number of ether oxygens (including phenoxy) is 1. The number of thiocarbonyl (C=S) groups is 1. The van der Waals surface area contributed by atoms with Gasteiger partial charge in [-0.2, -0.15) is 4.80 Å². The molecule has 3 aromatic carbocycles. The standard InChI is InChI=1S/C26H25N7O4S/c1-16-13-21-22(30-32(29-21)18-6-8-19(37-2)9-7-18)15-20(16)27-26(38)28-25(34)17-5-10-23(24(14-17)33(35)36)31-11-3-4-12-31/h5-10,13-15H,3-4,11-12H2,1-2H3,(H2,27,28,34,38). The minimum Gasteiger partial charge on any atom is -0.497 e. The molecule has 5 rings (SSSR count). The molecule has 1 fully saturated rings. The Morgan fingerprint density at radius 3 is 2.39 bits per heavy atom. The van der Waals surface area contributed by atoms with Crippen LogP contribution in [0.25, 0.3) is 16.7 Å². The summed E-state index contributed by atoms with van der Waals surface area (Å²) in [6.07, 6.45) is 1.98. The molecule has 0 aliphatic carbocycles. The van der Waals surface area contributed by atoms with Gasteiger partial charge in [0.05, 0.1) is 17.7 Å². The van der Waals surface area contributed by atoms with Crippen molar-refractivity contribution < 1.29 is 14.5 Å². The van der Waals surface area contributed by atoms with Gasteiger partial charge >= 0.3 is 0 Å². The maximum absolute atomic E-state index is 12.8. The number of anilines is 2. The molecule has 1 amide bonds. The van der Waals surface area contributed by atoms with Gasteiger partial charge < -0.3 is 15.0 Å². The molecule has 2 N–H and O–H groups in total. The molecule has 0 radical (unpaired) electrons. The van der Waals surface area contributed by atoms with E-state index in [0.717, 1.165) is 42.9 Å². The lowest BCUT2D eigenvalue weighted by atomic mass is 10.1. The van der Waals surface area contributed by atoms with Crippen molar-refractivity contribution in [2.75, 3.05) is 30.4 Å².